The molecule has 0 aliphatic rings. The number of benzene rings is 1. The van der Waals surface area contributed by atoms with Crippen LogP contribution in [0.25, 0.3) is 0 Å². The van der Waals surface area contributed by atoms with Gasteiger partial charge in [-0.15, -0.1) is 23.1 Å². The van der Waals surface area contributed by atoms with E-state index in [0.29, 0.717) is 5.75 Å². The molecule has 0 spiro atoms. The molecule has 1 aromatic heterocycles. The van der Waals surface area contributed by atoms with E-state index in [4.69, 9.17) is 0 Å². The Balaban J connectivity index is 2.25. The van der Waals surface area contributed by atoms with E-state index in [1.165, 1.54) is 27.4 Å². The van der Waals surface area contributed by atoms with E-state index < -0.39 is 5.60 Å². The zero-order valence-corrected chi connectivity index (χ0v) is 14.9. The van der Waals surface area contributed by atoms with Crippen molar-refractivity contribution < 1.29 is 5.11 Å². The summed E-state index contributed by atoms with van der Waals surface area (Å²) in [6.07, 6.45) is 1.79. The van der Waals surface area contributed by atoms with Crippen LogP contribution in [0.3, 0.4) is 0 Å². The minimum Gasteiger partial charge on any atom is -0.383 e. The van der Waals surface area contributed by atoms with Gasteiger partial charge in [0.1, 0.15) is 5.60 Å². The van der Waals surface area contributed by atoms with E-state index in [2.05, 4.69) is 57.8 Å². The van der Waals surface area contributed by atoms with Crippen LogP contribution in [0, 0.1) is 19.3 Å². The summed E-state index contributed by atoms with van der Waals surface area (Å²) in [5, 5.41) is 11.3. The van der Waals surface area contributed by atoms with Crippen LogP contribution in [-0.2, 0) is 5.60 Å². The minimum absolute atomic E-state index is 0.245. The number of aliphatic hydroxyl groups is 1. The van der Waals surface area contributed by atoms with Crippen LogP contribution in [0.15, 0.2) is 34.8 Å². The molecule has 0 aliphatic carbocycles. The molecule has 2 rings (SSSR count). The van der Waals surface area contributed by atoms with Crippen molar-refractivity contribution in [3.63, 3.8) is 0 Å². The standard InChI is InChI=1S/C17H23NOS2/c1-12-6-13(2)8-14(7-12)20-10-17(19,16(3,4)5)15-9-18-11-21-15/h6-9,11,19H,10H2,1-5H3. The molecule has 114 valence electrons. The highest BCUT2D eigenvalue weighted by Crippen LogP contribution is 2.44. The Hall–Kier alpha value is -0.840. The molecule has 0 aliphatic heterocycles. The highest BCUT2D eigenvalue weighted by atomic mass is 32.2. The summed E-state index contributed by atoms with van der Waals surface area (Å²) < 4.78 is 0. The molecule has 0 amide bonds. The average Bonchev–Trinajstić information content (AvgIpc) is 2.87. The molecule has 1 N–H and O–H groups in total. The second kappa shape index (κ2) is 6.11. The van der Waals surface area contributed by atoms with E-state index in [-0.39, 0.29) is 5.41 Å². The lowest BCUT2D eigenvalue weighted by Gasteiger charge is -2.39. The number of hydrogen-bond donors (Lipinski definition) is 1. The van der Waals surface area contributed by atoms with Crippen LogP contribution in [0.4, 0.5) is 0 Å². The molecule has 0 radical (unpaired) electrons. The molecule has 1 heterocycles. The second-order valence-electron chi connectivity index (χ2n) is 6.59. The third-order valence-corrected chi connectivity index (χ3v) is 5.78. The van der Waals surface area contributed by atoms with Crippen molar-refractivity contribution in [2.45, 2.75) is 45.1 Å². The van der Waals surface area contributed by atoms with Crippen molar-refractivity contribution >= 4 is 23.1 Å². The Morgan fingerprint density at radius 3 is 2.24 bits per heavy atom. The van der Waals surface area contributed by atoms with Crippen molar-refractivity contribution in [3.8, 4) is 0 Å². The van der Waals surface area contributed by atoms with Crippen molar-refractivity contribution in [2.75, 3.05) is 5.75 Å². The quantitative estimate of drug-likeness (QED) is 0.822. The maximum absolute atomic E-state index is 11.3. The van der Waals surface area contributed by atoms with Gasteiger partial charge in [0, 0.05) is 16.8 Å². The normalized spacial score (nSPS) is 15.0. The molecule has 1 atom stereocenters. The number of nitrogens with zero attached hydrogens (tertiary/aromatic N) is 1. The Morgan fingerprint density at radius 2 is 1.76 bits per heavy atom. The molecular weight excluding hydrogens is 298 g/mol. The van der Waals surface area contributed by atoms with Crippen LogP contribution in [0.2, 0.25) is 0 Å². The second-order valence-corrected chi connectivity index (χ2v) is 8.52. The number of thioether (sulfide) groups is 1. The molecule has 4 heteroatoms. The predicted molar refractivity (Wildman–Crippen MR) is 92.1 cm³/mol. The van der Waals surface area contributed by atoms with Gasteiger partial charge in [0.05, 0.1) is 10.4 Å². The summed E-state index contributed by atoms with van der Waals surface area (Å²) in [7, 11) is 0. The van der Waals surface area contributed by atoms with Gasteiger partial charge in [-0.25, -0.2) is 0 Å². The summed E-state index contributed by atoms with van der Waals surface area (Å²) in [6, 6.07) is 6.52. The molecule has 1 aromatic carbocycles. The number of thiazole rings is 1. The van der Waals surface area contributed by atoms with Gasteiger partial charge in [0.2, 0.25) is 0 Å². The van der Waals surface area contributed by atoms with Crippen LogP contribution in [0.5, 0.6) is 0 Å². The zero-order chi connectivity index (χ0) is 15.7. The van der Waals surface area contributed by atoms with Crippen LogP contribution in [-0.4, -0.2) is 15.8 Å². The summed E-state index contributed by atoms with van der Waals surface area (Å²) in [4.78, 5) is 6.28. The van der Waals surface area contributed by atoms with E-state index in [1.54, 1.807) is 23.5 Å². The van der Waals surface area contributed by atoms with E-state index in [9.17, 15) is 5.11 Å². The van der Waals surface area contributed by atoms with Crippen molar-refractivity contribution in [1.29, 1.82) is 0 Å². The van der Waals surface area contributed by atoms with Gasteiger partial charge >= 0.3 is 0 Å². The fourth-order valence-corrected chi connectivity index (χ4v) is 4.81. The molecule has 0 saturated carbocycles. The lowest BCUT2D eigenvalue weighted by atomic mass is 9.77. The van der Waals surface area contributed by atoms with Gasteiger partial charge in [-0.05, 0) is 42.5 Å². The SMILES string of the molecule is Cc1cc(C)cc(SCC(O)(c2cncs2)C(C)(C)C)c1. The first-order chi connectivity index (χ1) is 9.72. The van der Waals surface area contributed by atoms with Crippen molar-refractivity contribution in [1.82, 2.24) is 4.98 Å². The lowest BCUT2D eigenvalue weighted by molar-refractivity contribution is -0.0392. The summed E-state index contributed by atoms with van der Waals surface area (Å²) in [5.74, 6) is 0.627. The zero-order valence-electron chi connectivity index (χ0n) is 13.3. The Kier molecular flexibility index (Phi) is 4.81. The lowest BCUT2D eigenvalue weighted by Crippen LogP contribution is -2.41. The number of hydrogen-bond acceptors (Lipinski definition) is 4. The molecule has 2 aromatic rings. The summed E-state index contributed by atoms with van der Waals surface area (Å²) in [5.41, 5.74) is 3.18. The number of aryl methyl sites for hydroxylation is 2. The maximum Gasteiger partial charge on any atom is 0.114 e. The van der Waals surface area contributed by atoms with Gasteiger partial charge in [0.25, 0.3) is 0 Å². The van der Waals surface area contributed by atoms with Gasteiger partial charge in [-0.3, -0.25) is 4.98 Å². The average molecular weight is 322 g/mol. The van der Waals surface area contributed by atoms with E-state index in [0.717, 1.165) is 4.88 Å². The third-order valence-electron chi connectivity index (χ3n) is 3.72. The van der Waals surface area contributed by atoms with Crippen LogP contribution >= 0.6 is 23.1 Å². The monoisotopic (exact) mass is 321 g/mol. The highest BCUT2D eigenvalue weighted by molar-refractivity contribution is 7.99. The van der Waals surface area contributed by atoms with E-state index >= 15 is 0 Å². The molecule has 21 heavy (non-hydrogen) atoms. The van der Waals surface area contributed by atoms with Crippen molar-refractivity contribution in [2.24, 2.45) is 5.41 Å². The van der Waals surface area contributed by atoms with Crippen LogP contribution < -0.4 is 0 Å². The van der Waals surface area contributed by atoms with Gasteiger partial charge in [-0.1, -0.05) is 26.8 Å². The molecular formula is C17H23NOS2. The first-order valence-corrected chi connectivity index (χ1v) is 8.91. The highest BCUT2D eigenvalue weighted by Gasteiger charge is 2.42. The Labute approximate surface area is 135 Å². The van der Waals surface area contributed by atoms with Gasteiger partial charge in [0.15, 0.2) is 0 Å². The van der Waals surface area contributed by atoms with E-state index in [1.807, 2.05) is 0 Å². The largest absolute Gasteiger partial charge is 0.383 e. The predicted octanol–water partition coefficient (Wildman–Crippen LogP) is 4.79. The molecule has 1 unspecified atom stereocenters. The minimum atomic E-state index is -0.878. The smallest absolute Gasteiger partial charge is 0.114 e. The molecule has 0 saturated heterocycles. The Bertz CT molecular complexity index is 581. The summed E-state index contributed by atoms with van der Waals surface area (Å²) in [6.45, 7) is 10.4. The molecule has 0 fully saturated rings. The number of rotatable bonds is 4. The first kappa shape index (κ1) is 16.5. The Morgan fingerprint density at radius 1 is 1.14 bits per heavy atom. The fourth-order valence-electron chi connectivity index (χ4n) is 2.28. The van der Waals surface area contributed by atoms with Gasteiger partial charge in [-0.2, -0.15) is 0 Å². The molecule has 2 nitrogen and oxygen atoms in total. The summed E-state index contributed by atoms with van der Waals surface area (Å²) >= 11 is 3.23. The van der Waals surface area contributed by atoms with Gasteiger partial charge < -0.3 is 5.11 Å². The third kappa shape index (κ3) is 3.68. The maximum atomic E-state index is 11.3. The fraction of sp³-hybridized carbons (Fsp3) is 0.471. The first-order valence-electron chi connectivity index (χ1n) is 7.05. The number of aromatic nitrogens is 1. The topological polar surface area (TPSA) is 33.1 Å². The molecule has 0 bridgehead atoms. The van der Waals surface area contributed by atoms with Crippen molar-refractivity contribution in [3.05, 3.63) is 45.9 Å². The van der Waals surface area contributed by atoms with Crippen LogP contribution in [0.1, 0.15) is 36.8 Å².